The number of anilines is 4. The first kappa shape index (κ1) is 40.5. The number of rotatable bonds is 9. The molecule has 13 nitrogen and oxygen atoms in total. The number of pyridine rings is 2. The van der Waals surface area contributed by atoms with E-state index in [-0.39, 0.29) is 22.0 Å². The minimum Gasteiger partial charge on any atom is -0.437 e. The van der Waals surface area contributed by atoms with E-state index in [0.29, 0.717) is 61.9 Å². The lowest BCUT2D eigenvalue weighted by Gasteiger charge is -2.22. The van der Waals surface area contributed by atoms with Crippen molar-refractivity contribution in [1.82, 2.24) is 29.9 Å². The summed E-state index contributed by atoms with van der Waals surface area (Å²) in [6.07, 6.45) is 3.34. The molecule has 0 aliphatic carbocycles. The normalized spacial score (nSPS) is 11.5. The van der Waals surface area contributed by atoms with Crippen LogP contribution in [0.25, 0.3) is 22.1 Å². The molecule has 59 heavy (non-hydrogen) atoms. The van der Waals surface area contributed by atoms with Crippen molar-refractivity contribution in [2.75, 3.05) is 10.6 Å². The number of nitro groups is 1. The van der Waals surface area contributed by atoms with Gasteiger partial charge >= 0.3 is 0 Å². The maximum absolute atomic E-state index is 11.3. The van der Waals surface area contributed by atoms with Crippen LogP contribution in [0.4, 0.5) is 29.0 Å². The van der Waals surface area contributed by atoms with Crippen LogP contribution in [0.3, 0.4) is 0 Å². The van der Waals surface area contributed by atoms with Crippen molar-refractivity contribution >= 4 is 74.2 Å². The number of para-hydroxylation sites is 3. The second-order valence-corrected chi connectivity index (χ2v) is 16.4. The Bertz CT molecular complexity index is 2750. The fourth-order valence-corrected chi connectivity index (χ4v) is 6.56. The van der Waals surface area contributed by atoms with Gasteiger partial charge in [0.25, 0.3) is 5.69 Å². The highest BCUT2D eigenvalue weighted by atomic mass is 35.5. The number of ether oxygens (including phenoxy) is 2. The van der Waals surface area contributed by atoms with Gasteiger partial charge in [-0.05, 0) is 65.4 Å². The molecule has 4 N–H and O–H groups in total. The SMILES string of the molecule is CC(C)(C)c1ccccc1Oc1ncccc1Nc1nc2c([N+](=O)[O-])cccc2[nH]1.CC(C)(C)c1ccccc1Oc1ncccc1Nc1nc2cc(Cl)c(Cl)cc2[nH]1. The molecule has 0 saturated heterocycles. The number of hydrogen-bond donors (Lipinski definition) is 4. The van der Waals surface area contributed by atoms with Crippen molar-refractivity contribution in [2.24, 2.45) is 0 Å². The Morgan fingerprint density at radius 3 is 1.68 bits per heavy atom. The summed E-state index contributed by atoms with van der Waals surface area (Å²) in [6, 6.07) is 31.4. The average molecular weight is 831 g/mol. The van der Waals surface area contributed by atoms with Crippen LogP contribution in [0.5, 0.6) is 23.3 Å². The molecule has 0 radical (unpaired) electrons. The van der Waals surface area contributed by atoms with E-state index in [1.165, 1.54) is 6.07 Å². The summed E-state index contributed by atoms with van der Waals surface area (Å²) in [7, 11) is 0. The van der Waals surface area contributed by atoms with Gasteiger partial charge in [0.05, 0.1) is 31.5 Å². The van der Waals surface area contributed by atoms with Crippen molar-refractivity contribution in [3.63, 3.8) is 0 Å². The van der Waals surface area contributed by atoms with Crippen LogP contribution in [0.15, 0.2) is 116 Å². The molecular formula is C44H41Cl2N9O4. The fourth-order valence-electron chi connectivity index (χ4n) is 6.24. The summed E-state index contributed by atoms with van der Waals surface area (Å²) in [5.74, 6) is 3.23. The van der Waals surface area contributed by atoms with E-state index in [2.05, 4.69) is 88.1 Å². The molecule has 0 bridgehead atoms. The number of fused-ring (bicyclic) bond motifs is 2. The lowest BCUT2D eigenvalue weighted by atomic mass is 9.86. The first-order chi connectivity index (χ1) is 28.1. The van der Waals surface area contributed by atoms with Crippen LogP contribution in [0.1, 0.15) is 52.7 Å². The molecule has 0 saturated carbocycles. The second-order valence-electron chi connectivity index (χ2n) is 15.5. The van der Waals surface area contributed by atoms with Crippen molar-refractivity contribution in [1.29, 1.82) is 0 Å². The lowest BCUT2D eigenvalue weighted by molar-refractivity contribution is -0.383. The van der Waals surface area contributed by atoms with Crippen molar-refractivity contribution in [3.8, 4) is 23.3 Å². The zero-order valence-electron chi connectivity index (χ0n) is 33.1. The van der Waals surface area contributed by atoms with Gasteiger partial charge in [-0.2, -0.15) is 0 Å². The van der Waals surface area contributed by atoms with E-state index in [9.17, 15) is 10.1 Å². The number of aromatic nitrogens is 6. The highest BCUT2D eigenvalue weighted by Gasteiger charge is 2.22. The van der Waals surface area contributed by atoms with Crippen LogP contribution >= 0.6 is 23.2 Å². The molecule has 8 rings (SSSR count). The van der Waals surface area contributed by atoms with Crippen molar-refractivity contribution < 1.29 is 14.4 Å². The summed E-state index contributed by atoms with van der Waals surface area (Å²) in [6.45, 7) is 12.8. The molecule has 0 aliphatic heterocycles. The summed E-state index contributed by atoms with van der Waals surface area (Å²) < 4.78 is 12.3. The van der Waals surface area contributed by atoms with Crippen LogP contribution in [0.2, 0.25) is 10.0 Å². The Kier molecular flexibility index (Phi) is 11.4. The number of nitrogens with one attached hydrogen (secondary N) is 4. The molecule has 0 fully saturated rings. The number of imidazole rings is 2. The highest BCUT2D eigenvalue weighted by Crippen LogP contribution is 2.38. The van der Waals surface area contributed by atoms with Gasteiger partial charge < -0.3 is 30.1 Å². The first-order valence-corrected chi connectivity index (χ1v) is 19.4. The summed E-state index contributed by atoms with van der Waals surface area (Å²) in [4.78, 5) is 34.7. The van der Waals surface area contributed by atoms with Gasteiger partial charge in [0.2, 0.25) is 23.7 Å². The predicted molar refractivity (Wildman–Crippen MR) is 234 cm³/mol. The van der Waals surface area contributed by atoms with Gasteiger partial charge in [0, 0.05) is 29.6 Å². The van der Waals surface area contributed by atoms with E-state index < -0.39 is 4.92 Å². The van der Waals surface area contributed by atoms with Gasteiger partial charge in [-0.1, -0.05) is 107 Å². The van der Waals surface area contributed by atoms with Gasteiger partial charge in [-0.15, -0.1) is 0 Å². The zero-order valence-corrected chi connectivity index (χ0v) is 34.6. The van der Waals surface area contributed by atoms with Crippen LogP contribution < -0.4 is 20.1 Å². The van der Waals surface area contributed by atoms with Gasteiger partial charge in [0.1, 0.15) is 22.9 Å². The topological polar surface area (TPSA) is 169 Å². The standard InChI is InChI=1S/C22H20Cl2N4O.C22H21N5O3/c1-22(2,3)13-7-4-5-9-19(13)29-20-16(8-6-10-25-20)26-21-27-17-11-14(23)15(24)12-18(17)28-21;1-22(2,3)14-8-4-5-12-18(14)30-20-16(10-7-13-23-20)25-21-24-15-9-6-11-17(27(28)29)19(15)26-21/h4-12H,1-3H3,(H2,26,27,28);4-13H,1-3H3,(H2,24,25,26). The number of halogens is 2. The third-order valence-electron chi connectivity index (χ3n) is 9.06. The van der Waals surface area contributed by atoms with Crippen molar-refractivity contribution in [3.05, 3.63) is 147 Å². The zero-order chi connectivity index (χ0) is 41.9. The Labute approximate surface area is 350 Å². The molecule has 0 unspecified atom stereocenters. The number of nitrogens with zero attached hydrogens (tertiary/aromatic N) is 5. The molecule has 300 valence electrons. The maximum atomic E-state index is 11.3. The van der Waals surface area contributed by atoms with E-state index >= 15 is 0 Å². The molecular weight excluding hydrogens is 789 g/mol. The lowest BCUT2D eigenvalue weighted by Crippen LogP contribution is -2.12. The molecule has 0 spiro atoms. The number of non-ortho nitro benzene ring substituents is 1. The van der Waals surface area contributed by atoms with E-state index in [4.69, 9.17) is 32.7 Å². The predicted octanol–water partition coefficient (Wildman–Crippen LogP) is 12.8. The Morgan fingerprint density at radius 1 is 0.627 bits per heavy atom. The molecule has 0 aliphatic rings. The molecule has 4 aromatic carbocycles. The van der Waals surface area contributed by atoms with Crippen LogP contribution in [0, 0.1) is 10.1 Å². The third-order valence-corrected chi connectivity index (χ3v) is 9.79. The second kappa shape index (κ2) is 16.6. The van der Waals surface area contributed by atoms with Crippen LogP contribution in [-0.2, 0) is 10.8 Å². The number of hydrogen-bond acceptors (Lipinski definition) is 10. The Hall–Kier alpha value is -6.70. The first-order valence-electron chi connectivity index (χ1n) is 18.6. The number of nitro benzene ring substituents is 1. The Balaban J connectivity index is 0.000000179. The highest BCUT2D eigenvalue weighted by molar-refractivity contribution is 6.42. The summed E-state index contributed by atoms with van der Waals surface area (Å²) in [5.41, 5.74) is 5.56. The molecule has 4 aromatic heterocycles. The number of H-pyrrole nitrogens is 2. The number of aromatic amines is 2. The molecule has 0 amide bonds. The minimum atomic E-state index is -0.449. The third kappa shape index (κ3) is 9.38. The monoisotopic (exact) mass is 829 g/mol. The molecule has 4 heterocycles. The quantitative estimate of drug-likeness (QED) is 0.0811. The molecule has 8 aromatic rings. The van der Waals surface area contributed by atoms with E-state index in [1.54, 1.807) is 42.7 Å². The van der Waals surface area contributed by atoms with Crippen LogP contribution in [-0.4, -0.2) is 34.8 Å². The Morgan fingerprint density at radius 2 is 1.14 bits per heavy atom. The average Bonchev–Trinajstić information content (AvgIpc) is 3.79. The van der Waals surface area contributed by atoms with Gasteiger partial charge in [-0.25, -0.2) is 19.9 Å². The van der Waals surface area contributed by atoms with E-state index in [0.717, 1.165) is 22.4 Å². The fraction of sp³-hybridized carbons (Fsp3) is 0.182. The van der Waals surface area contributed by atoms with Gasteiger partial charge in [-0.3, -0.25) is 10.1 Å². The van der Waals surface area contributed by atoms with Gasteiger partial charge in [0.15, 0.2) is 5.52 Å². The summed E-state index contributed by atoms with van der Waals surface area (Å²) >= 11 is 12.2. The number of benzene rings is 4. The maximum Gasteiger partial charge on any atom is 0.297 e. The smallest absolute Gasteiger partial charge is 0.297 e. The minimum absolute atomic E-state index is 0.0569. The molecule has 0 atom stereocenters. The molecule has 15 heteroatoms. The van der Waals surface area contributed by atoms with E-state index in [1.807, 2.05) is 60.7 Å². The largest absolute Gasteiger partial charge is 0.437 e. The van der Waals surface area contributed by atoms with Crippen molar-refractivity contribution in [2.45, 2.75) is 52.4 Å². The summed E-state index contributed by atoms with van der Waals surface area (Å²) in [5, 5.41) is 18.6.